The average Bonchev–Trinajstić information content (AvgIpc) is 2.87. The van der Waals surface area contributed by atoms with Crippen LogP contribution >= 0.6 is 11.3 Å². The van der Waals surface area contributed by atoms with Crippen molar-refractivity contribution in [2.45, 2.75) is 6.92 Å². The van der Waals surface area contributed by atoms with Crippen LogP contribution in [-0.2, 0) is 0 Å². The second-order valence-corrected chi connectivity index (χ2v) is 5.29. The molecule has 0 atom stereocenters. The number of aromatic nitrogens is 2. The molecule has 3 N–H and O–H groups in total. The number of benzene rings is 1. The number of rotatable bonds is 3. The predicted molar refractivity (Wildman–Crippen MR) is 82.8 cm³/mol. The smallest absolute Gasteiger partial charge is 0.223 e. The van der Waals surface area contributed by atoms with Crippen LogP contribution in [-0.4, -0.2) is 17.1 Å². The van der Waals surface area contributed by atoms with E-state index in [1.165, 1.54) is 11.3 Å². The minimum Gasteiger partial charge on any atom is -0.495 e. The van der Waals surface area contributed by atoms with Gasteiger partial charge in [0, 0.05) is 0 Å². The molecular formula is C14H14N4OS. The maximum Gasteiger partial charge on any atom is 0.223 e. The predicted octanol–water partition coefficient (Wildman–Crippen LogP) is 3.33. The Labute approximate surface area is 120 Å². The van der Waals surface area contributed by atoms with Crippen molar-refractivity contribution in [3.63, 3.8) is 0 Å². The number of nitrogens with two attached hydrogens (primary N) is 1. The number of fused-ring (bicyclic) bond motifs is 1. The number of aryl methyl sites for hydroxylation is 1. The van der Waals surface area contributed by atoms with Gasteiger partial charge in [0.1, 0.15) is 16.4 Å². The molecule has 102 valence electrons. The fourth-order valence-corrected chi connectivity index (χ4v) is 2.79. The molecule has 0 unspecified atom stereocenters. The van der Waals surface area contributed by atoms with Gasteiger partial charge in [0.15, 0.2) is 0 Å². The topological polar surface area (TPSA) is 73.1 Å². The maximum atomic E-state index is 5.75. The molecule has 3 rings (SSSR count). The molecule has 0 saturated carbocycles. The summed E-state index contributed by atoms with van der Waals surface area (Å²) in [5.74, 6) is 1.71. The van der Waals surface area contributed by atoms with Crippen LogP contribution in [0.1, 0.15) is 5.56 Å². The van der Waals surface area contributed by atoms with Crippen molar-refractivity contribution in [1.82, 2.24) is 9.97 Å². The molecule has 0 amide bonds. The highest BCUT2D eigenvalue weighted by Crippen LogP contribution is 2.32. The van der Waals surface area contributed by atoms with E-state index in [0.717, 1.165) is 27.2 Å². The van der Waals surface area contributed by atoms with Gasteiger partial charge in [-0.05, 0) is 36.1 Å². The highest BCUT2D eigenvalue weighted by molar-refractivity contribution is 7.16. The summed E-state index contributed by atoms with van der Waals surface area (Å²) in [6, 6.07) is 7.91. The molecule has 0 spiro atoms. The third-order valence-electron chi connectivity index (χ3n) is 2.95. The van der Waals surface area contributed by atoms with Crippen LogP contribution in [0.2, 0.25) is 0 Å². The minimum atomic E-state index is 0.258. The first-order valence-electron chi connectivity index (χ1n) is 6.10. The van der Waals surface area contributed by atoms with Crippen molar-refractivity contribution in [2.24, 2.45) is 0 Å². The molecule has 0 aliphatic heterocycles. The zero-order valence-electron chi connectivity index (χ0n) is 11.2. The van der Waals surface area contributed by atoms with Crippen LogP contribution in [0.5, 0.6) is 5.75 Å². The number of hydrogen-bond donors (Lipinski definition) is 2. The van der Waals surface area contributed by atoms with Crippen molar-refractivity contribution in [1.29, 1.82) is 0 Å². The Hall–Kier alpha value is -2.34. The van der Waals surface area contributed by atoms with E-state index < -0.39 is 0 Å². The number of nitrogen functional groups attached to an aromatic ring is 1. The van der Waals surface area contributed by atoms with Crippen LogP contribution < -0.4 is 15.8 Å². The number of hydrogen-bond acceptors (Lipinski definition) is 6. The first-order chi connectivity index (χ1) is 9.67. The Kier molecular flexibility index (Phi) is 3.15. The zero-order valence-corrected chi connectivity index (χ0v) is 12.0. The number of anilines is 3. The quantitative estimate of drug-likeness (QED) is 0.772. The molecule has 0 bridgehead atoms. The molecule has 3 aromatic rings. The Morgan fingerprint density at radius 1 is 1.25 bits per heavy atom. The molecule has 0 aliphatic carbocycles. The molecule has 0 radical (unpaired) electrons. The lowest BCUT2D eigenvalue weighted by Gasteiger charge is -2.12. The Morgan fingerprint density at radius 2 is 2.10 bits per heavy atom. The van der Waals surface area contributed by atoms with Gasteiger partial charge in [-0.25, -0.2) is 4.98 Å². The summed E-state index contributed by atoms with van der Waals surface area (Å²) in [7, 11) is 1.64. The molecule has 20 heavy (non-hydrogen) atoms. The summed E-state index contributed by atoms with van der Waals surface area (Å²) in [6.45, 7) is 2.03. The first kappa shape index (κ1) is 12.7. The highest BCUT2D eigenvalue weighted by Gasteiger charge is 2.10. The molecular weight excluding hydrogens is 272 g/mol. The van der Waals surface area contributed by atoms with E-state index in [4.69, 9.17) is 10.5 Å². The summed E-state index contributed by atoms with van der Waals surface area (Å²) in [4.78, 5) is 9.36. The van der Waals surface area contributed by atoms with Crippen LogP contribution in [0.4, 0.5) is 17.5 Å². The molecule has 1 aromatic carbocycles. The largest absolute Gasteiger partial charge is 0.495 e. The van der Waals surface area contributed by atoms with Gasteiger partial charge >= 0.3 is 0 Å². The number of nitrogens with one attached hydrogen (secondary N) is 1. The van der Waals surface area contributed by atoms with Crippen LogP contribution in [0.15, 0.2) is 29.6 Å². The highest BCUT2D eigenvalue weighted by atomic mass is 32.1. The van der Waals surface area contributed by atoms with Gasteiger partial charge in [0.05, 0.1) is 18.2 Å². The van der Waals surface area contributed by atoms with Crippen molar-refractivity contribution < 1.29 is 4.74 Å². The zero-order chi connectivity index (χ0) is 14.1. The molecule has 2 heterocycles. The number of ether oxygens (including phenoxy) is 1. The van der Waals surface area contributed by atoms with E-state index >= 15 is 0 Å². The SMILES string of the molecule is COc1ccc(C)cc1Nc1nc(N)nc2sccc12. The lowest BCUT2D eigenvalue weighted by Crippen LogP contribution is -2.01. The van der Waals surface area contributed by atoms with E-state index in [1.54, 1.807) is 7.11 Å². The van der Waals surface area contributed by atoms with Crippen LogP contribution in [0, 0.1) is 6.92 Å². The fourth-order valence-electron chi connectivity index (χ4n) is 2.01. The minimum absolute atomic E-state index is 0.258. The van der Waals surface area contributed by atoms with Gasteiger partial charge in [0.2, 0.25) is 5.95 Å². The maximum absolute atomic E-state index is 5.75. The van der Waals surface area contributed by atoms with Gasteiger partial charge in [-0.1, -0.05) is 6.07 Å². The molecule has 2 aromatic heterocycles. The van der Waals surface area contributed by atoms with Crippen molar-refractivity contribution in [2.75, 3.05) is 18.2 Å². The first-order valence-corrected chi connectivity index (χ1v) is 6.97. The monoisotopic (exact) mass is 286 g/mol. The number of nitrogens with zero attached hydrogens (tertiary/aromatic N) is 2. The summed E-state index contributed by atoms with van der Waals surface area (Å²) in [5, 5.41) is 6.21. The Morgan fingerprint density at radius 3 is 2.90 bits per heavy atom. The van der Waals surface area contributed by atoms with Crippen LogP contribution in [0.25, 0.3) is 10.2 Å². The second-order valence-electron chi connectivity index (χ2n) is 4.40. The lowest BCUT2D eigenvalue weighted by atomic mass is 10.2. The standard InChI is InChI=1S/C14H14N4OS/c1-8-3-4-11(19-2)10(7-8)16-12-9-5-6-20-13(9)18-14(15)17-12/h3-7H,1-2H3,(H3,15,16,17,18). The van der Waals surface area contributed by atoms with Crippen molar-refractivity contribution >= 4 is 39.0 Å². The van der Waals surface area contributed by atoms with E-state index in [2.05, 4.69) is 15.3 Å². The van der Waals surface area contributed by atoms with Gasteiger partial charge < -0.3 is 15.8 Å². The summed E-state index contributed by atoms with van der Waals surface area (Å²) in [5.41, 5.74) is 7.75. The third kappa shape index (κ3) is 2.25. The summed E-state index contributed by atoms with van der Waals surface area (Å²) in [6.07, 6.45) is 0. The Balaban J connectivity index is 2.09. The fraction of sp³-hybridized carbons (Fsp3) is 0.143. The average molecular weight is 286 g/mol. The van der Waals surface area contributed by atoms with E-state index in [1.807, 2.05) is 36.6 Å². The summed E-state index contributed by atoms with van der Waals surface area (Å²) >= 11 is 1.54. The molecule has 0 saturated heterocycles. The van der Waals surface area contributed by atoms with Gasteiger partial charge in [-0.3, -0.25) is 0 Å². The van der Waals surface area contributed by atoms with E-state index in [9.17, 15) is 0 Å². The van der Waals surface area contributed by atoms with Crippen molar-refractivity contribution in [3.8, 4) is 5.75 Å². The van der Waals surface area contributed by atoms with Crippen LogP contribution in [0.3, 0.4) is 0 Å². The van der Waals surface area contributed by atoms with Gasteiger partial charge in [0.25, 0.3) is 0 Å². The van der Waals surface area contributed by atoms with E-state index in [-0.39, 0.29) is 5.95 Å². The van der Waals surface area contributed by atoms with E-state index in [0.29, 0.717) is 5.82 Å². The summed E-state index contributed by atoms with van der Waals surface area (Å²) < 4.78 is 5.36. The molecule has 0 aliphatic rings. The third-order valence-corrected chi connectivity index (χ3v) is 3.76. The normalized spacial score (nSPS) is 10.7. The van der Waals surface area contributed by atoms with Crippen molar-refractivity contribution in [3.05, 3.63) is 35.2 Å². The Bertz CT molecular complexity index is 769. The number of thiophene rings is 1. The molecule has 5 nitrogen and oxygen atoms in total. The number of methoxy groups -OCH3 is 1. The van der Waals surface area contributed by atoms with Gasteiger partial charge in [-0.2, -0.15) is 4.98 Å². The molecule has 6 heteroatoms. The molecule has 0 fully saturated rings. The lowest BCUT2D eigenvalue weighted by molar-refractivity contribution is 0.416. The second kappa shape index (κ2) is 4.97. The van der Waals surface area contributed by atoms with Gasteiger partial charge in [-0.15, -0.1) is 11.3 Å².